The summed E-state index contributed by atoms with van der Waals surface area (Å²) in [6, 6.07) is 23.1. The molecule has 2 aromatic rings. The van der Waals surface area contributed by atoms with Crippen molar-refractivity contribution in [3.8, 4) is 18.2 Å². The van der Waals surface area contributed by atoms with Gasteiger partial charge in [-0.3, -0.25) is 4.79 Å². The van der Waals surface area contributed by atoms with E-state index in [4.69, 9.17) is 0 Å². The lowest BCUT2D eigenvalue weighted by atomic mass is 9.73. The Labute approximate surface area is 213 Å². The summed E-state index contributed by atoms with van der Waals surface area (Å²) < 4.78 is 0.929. The molecule has 4 atom stereocenters. The predicted octanol–water partition coefficient (Wildman–Crippen LogP) is 5.66. The van der Waals surface area contributed by atoms with Crippen molar-refractivity contribution in [2.45, 2.75) is 30.8 Å². The Morgan fingerprint density at radius 2 is 1.66 bits per heavy atom. The Morgan fingerprint density at radius 1 is 0.971 bits per heavy atom. The number of nitrogens with zero attached hydrogens (tertiary/aromatic N) is 4. The first kappa shape index (κ1) is 22.9. The molecule has 3 aliphatic rings. The van der Waals surface area contributed by atoms with E-state index in [0.717, 1.165) is 28.4 Å². The number of nitriles is 3. The first-order chi connectivity index (χ1) is 17.1. The first-order valence-electron chi connectivity index (χ1n) is 11.5. The number of hydrogen-bond acceptors (Lipinski definition) is 5. The fraction of sp³-hybridized carbons (Fsp3) is 0.241. The lowest BCUT2D eigenvalue weighted by Gasteiger charge is -2.31. The molecule has 0 unspecified atom stereocenters. The highest BCUT2D eigenvalue weighted by atomic mass is 79.9. The van der Waals surface area contributed by atoms with Crippen LogP contribution in [-0.2, 0) is 4.79 Å². The fourth-order valence-corrected chi connectivity index (χ4v) is 5.71. The van der Waals surface area contributed by atoms with Crippen molar-refractivity contribution in [1.82, 2.24) is 4.90 Å². The van der Waals surface area contributed by atoms with Crippen LogP contribution in [0.5, 0.6) is 0 Å². The van der Waals surface area contributed by atoms with Crippen molar-refractivity contribution < 1.29 is 4.79 Å². The quantitative estimate of drug-likeness (QED) is 0.474. The van der Waals surface area contributed by atoms with Crippen molar-refractivity contribution in [1.29, 1.82) is 15.8 Å². The zero-order valence-corrected chi connectivity index (χ0v) is 20.4. The summed E-state index contributed by atoms with van der Waals surface area (Å²) >= 11 is 3.51. The minimum Gasteiger partial charge on any atom is -0.359 e. The van der Waals surface area contributed by atoms with Crippen LogP contribution >= 0.6 is 15.9 Å². The molecule has 0 spiro atoms. The second-order valence-corrected chi connectivity index (χ2v) is 10.0. The number of fused-ring (bicyclic) bond motifs is 1. The number of allylic oxidation sites excluding steroid dienone is 3. The van der Waals surface area contributed by atoms with E-state index in [2.05, 4.69) is 34.1 Å². The lowest BCUT2D eigenvalue weighted by Crippen LogP contribution is -2.40. The summed E-state index contributed by atoms with van der Waals surface area (Å²) in [6.07, 6.45) is 7.25. The van der Waals surface area contributed by atoms with E-state index in [9.17, 15) is 20.6 Å². The number of halogens is 1. The van der Waals surface area contributed by atoms with Gasteiger partial charge < -0.3 is 4.90 Å². The summed E-state index contributed by atoms with van der Waals surface area (Å²) in [6.45, 7) is 0. The number of carbonyl (C=O) groups excluding carboxylic acids is 1. The van der Waals surface area contributed by atoms with Gasteiger partial charge in [0.15, 0.2) is 5.78 Å². The smallest absolute Gasteiger partial charge is 0.158 e. The summed E-state index contributed by atoms with van der Waals surface area (Å²) in [7, 11) is 0. The number of benzene rings is 2. The molecule has 1 saturated carbocycles. The molecule has 2 fully saturated rings. The molecule has 5 rings (SSSR count). The van der Waals surface area contributed by atoms with Gasteiger partial charge in [0.1, 0.15) is 23.8 Å². The molecule has 2 heterocycles. The van der Waals surface area contributed by atoms with Crippen molar-refractivity contribution in [3.05, 3.63) is 99.7 Å². The minimum absolute atomic E-state index is 0.0118. The van der Waals surface area contributed by atoms with Gasteiger partial charge in [0.25, 0.3) is 0 Å². The minimum atomic E-state index is -0.496. The Hall–Kier alpha value is -3.92. The molecule has 0 aromatic heterocycles. The van der Waals surface area contributed by atoms with E-state index >= 15 is 0 Å². The third kappa shape index (κ3) is 4.10. The van der Waals surface area contributed by atoms with E-state index in [1.165, 1.54) is 0 Å². The van der Waals surface area contributed by atoms with Crippen LogP contribution in [0.25, 0.3) is 5.57 Å². The topological polar surface area (TPSA) is 91.7 Å². The highest BCUT2D eigenvalue weighted by Crippen LogP contribution is 2.53. The van der Waals surface area contributed by atoms with Gasteiger partial charge in [0, 0.05) is 28.4 Å². The largest absolute Gasteiger partial charge is 0.359 e. The maximum Gasteiger partial charge on any atom is 0.158 e. The highest BCUT2D eigenvalue weighted by Gasteiger charge is 2.55. The second kappa shape index (κ2) is 9.38. The van der Waals surface area contributed by atoms with Gasteiger partial charge in [-0.15, -0.1) is 0 Å². The van der Waals surface area contributed by atoms with Crippen LogP contribution < -0.4 is 0 Å². The van der Waals surface area contributed by atoms with E-state index in [-0.39, 0.29) is 35.2 Å². The standard InChI is InChI=1S/C29H21BrN4O/c30-23-11-9-20(10-12-23)26-27(25(22(15-32)16-33)19-4-2-1-3-5-19)24-13-6-18(14-31)17-34(24)28(26)29(35)21-7-8-21/h1-6,9-13,17,21,24,26-28H,7-8H2/t24-,26+,27+,28-/m0/s1. The molecule has 1 saturated heterocycles. The Balaban J connectivity index is 1.78. The molecule has 5 nitrogen and oxygen atoms in total. The van der Waals surface area contributed by atoms with Crippen LogP contribution in [0.3, 0.4) is 0 Å². The molecule has 2 aliphatic heterocycles. The van der Waals surface area contributed by atoms with Crippen LogP contribution in [0.1, 0.15) is 29.9 Å². The Morgan fingerprint density at radius 3 is 2.26 bits per heavy atom. The van der Waals surface area contributed by atoms with Gasteiger partial charge in [-0.1, -0.05) is 64.5 Å². The number of carbonyl (C=O) groups is 1. The van der Waals surface area contributed by atoms with Gasteiger partial charge in [0.05, 0.1) is 17.7 Å². The van der Waals surface area contributed by atoms with Gasteiger partial charge in [0.2, 0.25) is 0 Å². The van der Waals surface area contributed by atoms with Crippen molar-refractivity contribution in [2.24, 2.45) is 11.8 Å². The first-order valence-corrected chi connectivity index (χ1v) is 12.3. The average molecular weight is 521 g/mol. The molecular weight excluding hydrogens is 500 g/mol. The molecule has 6 heteroatoms. The maximum absolute atomic E-state index is 13.8. The van der Waals surface area contributed by atoms with Gasteiger partial charge in [-0.25, -0.2) is 0 Å². The van der Waals surface area contributed by atoms with Gasteiger partial charge in [-0.2, -0.15) is 15.8 Å². The van der Waals surface area contributed by atoms with E-state index in [1.54, 1.807) is 12.3 Å². The zero-order valence-electron chi connectivity index (χ0n) is 18.8. The molecular formula is C29H21BrN4O. The maximum atomic E-state index is 13.8. The molecule has 2 aromatic carbocycles. The number of rotatable bonds is 5. The molecule has 0 amide bonds. The molecule has 35 heavy (non-hydrogen) atoms. The average Bonchev–Trinajstić information content (AvgIpc) is 3.70. The number of hydrogen-bond donors (Lipinski definition) is 0. The Kier molecular flexibility index (Phi) is 6.12. The monoisotopic (exact) mass is 520 g/mol. The summed E-state index contributed by atoms with van der Waals surface area (Å²) in [5.74, 6) is -0.463. The molecule has 0 radical (unpaired) electrons. The third-order valence-electron chi connectivity index (χ3n) is 7.09. The van der Waals surface area contributed by atoms with Gasteiger partial charge in [-0.05, 0) is 47.8 Å². The zero-order chi connectivity index (χ0) is 24.5. The van der Waals surface area contributed by atoms with Crippen LogP contribution in [-0.4, -0.2) is 22.8 Å². The van der Waals surface area contributed by atoms with Crippen LogP contribution in [0.2, 0.25) is 0 Å². The third-order valence-corrected chi connectivity index (χ3v) is 7.62. The van der Waals surface area contributed by atoms with Gasteiger partial charge >= 0.3 is 0 Å². The number of ketones is 1. The summed E-state index contributed by atoms with van der Waals surface area (Å²) in [5, 5.41) is 29.5. The highest BCUT2D eigenvalue weighted by molar-refractivity contribution is 9.10. The summed E-state index contributed by atoms with van der Waals surface area (Å²) in [5.41, 5.74) is 2.93. The molecule has 1 aliphatic carbocycles. The normalized spacial score (nSPS) is 24.4. The van der Waals surface area contributed by atoms with E-state index < -0.39 is 6.04 Å². The molecule has 0 bridgehead atoms. The lowest BCUT2D eigenvalue weighted by molar-refractivity contribution is -0.124. The summed E-state index contributed by atoms with van der Waals surface area (Å²) in [4.78, 5) is 15.8. The van der Waals surface area contributed by atoms with E-state index in [1.807, 2.05) is 65.6 Å². The van der Waals surface area contributed by atoms with Crippen molar-refractivity contribution in [2.75, 3.05) is 0 Å². The van der Waals surface area contributed by atoms with Crippen molar-refractivity contribution in [3.63, 3.8) is 0 Å². The van der Waals surface area contributed by atoms with E-state index in [0.29, 0.717) is 11.1 Å². The Bertz CT molecular complexity index is 1370. The van der Waals surface area contributed by atoms with Crippen LogP contribution in [0.15, 0.2) is 88.6 Å². The molecule has 170 valence electrons. The van der Waals surface area contributed by atoms with Crippen molar-refractivity contribution >= 4 is 27.3 Å². The predicted molar refractivity (Wildman–Crippen MR) is 135 cm³/mol. The van der Waals surface area contributed by atoms with Crippen LogP contribution in [0.4, 0.5) is 0 Å². The molecule has 0 N–H and O–H groups in total. The SMILES string of the molecule is N#CC1=CN2[C@H](C(=O)C3CC3)[C@H](c3ccc(Br)cc3)[C@@H](C(=C(C#N)C#N)c3ccccc3)[C@@H]2C=C1. The fourth-order valence-electron chi connectivity index (χ4n) is 5.45. The second-order valence-electron chi connectivity index (χ2n) is 9.10. The van der Waals surface area contributed by atoms with Crippen LogP contribution in [0, 0.1) is 45.8 Å². The number of Topliss-reactive ketones (excluding diaryl/α,β-unsaturated/α-hetero) is 1.